The van der Waals surface area contributed by atoms with Crippen LogP contribution in [-0.4, -0.2) is 73.2 Å². The number of amides is 1. The van der Waals surface area contributed by atoms with Crippen LogP contribution in [0.25, 0.3) is 0 Å². The SMILES string of the molecule is CN/C(=C(/C)N=C(C)c1[nH]ncc1NC(=O)c1cc(F)cc(N2CCN(C)CC2)c1)C(F)(F)F. The molecule has 0 aliphatic carbocycles. The maximum atomic E-state index is 14.3. The molecule has 2 heterocycles. The lowest BCUT2D eigenvalue weighted by Gasteiger charge is -2.34. The van der Waals surface area contributed by atoms with Crippen molar-refractivity contribution in [2.24, 2.45) is 4.99 Å². The summed E-state index contributed by atoms with van der Waals surface area (Å²) in [6.07, 6.45) is -3.28. The highest BCUT2D eigenvalue weighted by atomic mass is 19.4. The van der Waals surface area contributed by atoms with Gasteiger partial charge in [-0.2, -0.15) is 18.3 Å². The van der Waals surface area contributed by atoms with E-state index < -0.39 is 23.6 Å². The zero-order valence-electron chi connectivity index (χ0n) is 19.3. The second-order valence-corrected chi connectivity index (χ2v) is 8.01. The molecule has 1 amide bonds. The Hall–Kier alpha value is -3.41. The maximum Gasteiger partial charge on any atom is 0.432 e. The number of aromatic nitrogens is 2. The highest BCUT2D eigenvalue weighted by Gasteiger charge is 2.35. The number of rotatable bonds is 6. The van der Waals surface area contributed by atoms with Crippen molar-refractivity contribution in [2.75, 3.05) is 50.5 Å². The number of nitrogens with one attached hydrogen (secondary N) is 3. The van der Waals surface area contributed by atoms with E-state index in [1.54, 1.807) is 6.07 Å². The van der Waals surface area contributed by atoms with E-state index in [1.807, 2.05) is 11.9 Å². The Bertz CT molecular complexity index is 1100. The predicted molar refractivity (Wildman–Crippen MR) is 123 cm³/mol. The maximum absolute atomic E-state index is 14.3. The molecule has 1 saturated heterocycles. The number of anilines is 2. The van der Waals surface area contributed by atoms with Crippen molar-refractivity contribution in [1.29, 1.82) is 0 Å². The van der Waals surface area contributed by atoms with E-state index in [0.717, 1.165) is 26.2 Å². The number of hydrogen-bond acceptors (Lipinski definition) is 6. The number of halogens is 4. The first-order valence-corrected chi connectivity index (χ1v) is 10.6. The Morgan fingerprint density at radius 2 is 1.82 bits per heavy atom. The molecular weight excluding hydrogens is 454 g/mol. The number of aliphatic imine (C=N–C) groups is 1. The van der Waals surface area contributed by atoms with E-state index in [9.17, 15) is 22.4 Å². The Balaban J connectivity index is 1.83. The van der Waals surface area contributed by atoms with Gasteiger partial charge in [-0.05, 0) is 39.1 Å². The first kappa shape index (κ1) is 25.2. The standard InChI is InChI=1S/C22H27F4N7O/c1-13(29-14(2)20(27-3)22(24,25)26)19-18(12-28-31-19)30-21(34)15-9-16(23)11-17(10-15)33-7-5-32(4)6-8-33/h9-12,27H,5-8H2,1-4H3,(H,28,31)(H,30,34)/b20-14-,29-13?. The molecule has 1 aromatic heterocycles. The number of benzene rings is 1. The molecule has 2 aromatic rings. The lowest BCUT2D eigenvalue weighted by atomic mass is 10.1. The smallest absolute Gasteiger partial charge is 0.383 e. The molecule has 0 atom stereocenters. The van der Waals surface area contributed by atoms with Crippen LogP contribution in [0.1, 0.15) is 29.9 Å². The second-order valence-electron chi connectivity index (χ2n) is 8.01. The molecular formula is C22H27F4N7O. The van der Waals surface area contributed by atoms with Gasteiger partial charge in [-0.1, -0.05) is 0 Å². The number of H-pyrrole nitrogens is 1. The zero-order valence-corrected chi connectivity index (χ0v) is 19.3. The number of alkyl halides is 3. The first-order chi connectivity index (χ1) is 16.0. The molecule has 0 saturated carbocycles. The number of allylic oxidation sites excluding steroid dienone is 2. The topological polar surface area (TPSA) is 88.6 Å². The van der Waals surface area contributed by atoms with Crippen molar-refractivity contribution < 1.29 is 22.4 Å². The molecule has 0 bridgehead atoms. The normalized spacial score (nSPS) is 16.4. The van der Waals surface area contributed by atoms with Gasteiger partial charge in [0.1, 0.15) is 17.2 Å². The van der Waals surface area contributed by atoms with Crippen LogP contribution in [-0.2, 0) is 0 Å². The van der Waals surface area contributed by atoms with Gasteiger partial charge < -0.3 is 20.4 Å². The molecule has 1 aromatic carbocycles. The van der Waals surface area contributed by atoms with Gasteiger partial charge in [0.25, 0.3) is 5.91 Å². The molecule has 12 heteroatoms. The summed E-state index contributed by atoms with van der Waals surface area (Å²) in [5, 5.41) is 11.2. The van der Waals surface area contributed by atoms with Crippen molar-refractivity contribution in [3.05, 3.63) is 52.9 Å². The van der Waals surface area contributed by atoms with Gasteiger partial charge in [0, 0.05) is 44.5 Å². The highest BCUT2D eigenvalue weighted by Crippen LogP contribution is 2.27. The lowest BCUT2D eigenvalue weighted by molar-refractivity contribution is -0.0969. The molecule has 3 rings (SSSR count). The molecule has 184 valence electrons. The van der Waals surface area contributed by atoms with Crippen LogP contribution in [0.15, 0.2) is 40.8 Å². The predicted octanol–water partition coefficient (Wildman–Crippen LogP) is 3.38. The minimum Gasteiger partial charge on any atom is -0.383 e. The average molecular weight is 481 g/mol. The number of hydrogen-bond donors (Lipinski definition) is 3. The van der Waals surface area contributed by atoms with Crippen molar-refractivity contribution in [2.45, 2.75) is 20.0 Å². The molecule has 34 heavy (non-hydrogen) atoms. The molecule has 1 fully saturated rings. The monoisotopic (exact) mass is 481 g/mol. The van der Waals surface area contributed by atoms with Gasteiger partial charge in [0.15, 0.2) is 0 Å². The molecule has 1 aliphatic heterocycles. The van der Waals surface area contributed by atoms with Crippen molar-refractivity contribution in [3.63, 3.8) is 0 Å². The quantitative estimate of drug-likeness (QED) is 0.435. The average Bonchev–Trinajstić information content (AvgIpc) is 3.21. The summed E-state index contributed by atoms with van der Waals surface area (Å²) in [7, 11) is 3.17. The number of aromatic amines is 1. The number of carbonyl (C=O) groups is 1. The molecule has 0 radical (unpaired) electrons. The van der Waals surface area contributed by atoms with Gasteiger partial charge >= 0.3 is 6.18 Å². The van der Waals surface area contributed by atoms with E-state index in [1.165, 1.54) is 26.1 Å². The van der Waals surface area contributed by atoms with Crippen molar-refractivity contribution >= 4 is 23.0 Å². The van der Waals surface area contributed by atoms with Crippen LogP contribution in [0.2, 0.25) is 0 Å². The van der Waals surface area contributed by atoms with Gasteiger partial charge in [0.2, 0.25) is 0 Å². The lowest BCUT2D eigenvalue weighted by Crippen LogP contribution is -2.44. The van der Waals surface area contributed by atoms with Crippen molar-refractivity contribution in [3.8, 4) is 0 Å². The van der Waals surface area contributed by atoms with Crippen LogP contribution in [0.5, 0.6) is 0 Å². The number of carbonyl (C=O) groups excluding carboxylic acids is 1. The minimum absolute atomic E-state index is 0.112. The Morgan fingerprint density at radius 3 is 2.44 bits per heavy atom. The summed E-state index contributed by atoms with van der Waals surface area (Å²) in [5.74, 6) is -1.12. The van der Waals surface area contributed by atoms with Gasteiger partial charge in [-0.15, -0.1) is 0 Å². The third kappa shape index (κ3) is 5.93. The van der Waals surface area contributed by atoms with Crippen molar-refractivity contribution in [1.82, 2.24) is 20.4 Å². The molecule has 0 unspecified atom stereocenters. The number of likely N-dealkylation sites (N-methyl/N-ethyl adjacent to an activating group) is 1. The van der Waals surface area contributed by atoms with Crippen LogP contribution >= 0.6 is 0 Å². The fourth-order valence-corrected chi connectivity index (χ4v) is 3.69. The third-order valence-electron chi connectivity index (χ3n) is 5.49. The minimum atomic E-state index is -4.59. The number of nitrogens with zero attached hydrogens (tertiary/aromatic N) is 4. The second kappa shape index (κ2) is 10.2. The highest BCUT2D eigenvalue weighted by molar-refractivity contribution is 6.09. The molecule has 8 nitrogen and oxygen atoms in total. The van der Waals surface area contributed by atoms with Gasteiger partial charge in [0.05, 0.1) is 23.3 Å². The van der Waals surface area contributed by atoms with E-state index in [2.05, 4.69) is 30.7 Å². The fourth-order valence-electron chi connectivity index (χ4n) is 3.69. The largest absolute Gasteiger partial charge is 0.432 e. The van der Waals surface area contributed by atoms with Crippen LogP contribution in [0, 0.1) is 5.82 Å². The van der Waals surface area contributed by atoms with Crippen LogP contribution in [0.4, 0.5) is 28.9 Å². The Morgan fingerprint density at radius 1 is 1.15 bits per heavy atom. The zero-order chi connectivity index (χ0) is 25.0. The summed E-state index contributed by atoms with van der Waals surface area (Å²) < 4.78 is 53.7. The van der Waals surface area contributed by atoms with Crippen LogP contribution < -0.4 is 15.5 Å². The number of piperazine rings is 1. The van der Waals surface area contributed by atoms with E-state index in [-0.39, 0.29) is 28.4 Å². The summed E-state index contributed by atoms with van der Waals surface area (Å²) in [6.45, 7) is 5.79. The summed E-state index contributed by atoms with van der Waals surface area (Å²) in [5.41, 5.74) is 0.0924. The summed E-state index contributed by atoms with van der Waals surface area (Å²) in [4.78, 5) is 21.1. The van der Waals surface area contributed by atoms with E-state index >= 15 is 0 Å². The summed E-state index contributed by atoms with van der Waals surface area (Å²) >= 11 is 0. The molecule has 1 aliphatic rings. The van der Waals surface area contributed by atoms with E-state index in [0.29, 0.717) is 18.8 Å². The van der Waals surface area contributed by atoms with E-state index in [4.69, 9.17) is 0 Å². The Labute approximate surface area is 194 Å². The van der Waals surface area contributed by atoms with Gasteiger partial charge in [-0.3, -0.25) is 14.9 Å². The molecule has 3 N–H and O–H groups in total. The summed E-state index contributed by atoms with van der Waals surface area (Å²) in [6, 6.07) is 4.13. The van der Waals surface area contributed by atoms with Gasteiger partial charge in [-0.25, -0.2) is 4.39 Å². The Kier molecular flexibility index (Phi) is 7.60. The molecule has 0 spiro atoms. The fraction of sp³-hybridized carbons (Fsp3) is 0.409. The first-order valence-electron chi connectivity index (χ1n) is 10.6. The van der Waals surface area contributed by atoms with Crippen LogP contribution in [0.3, 0.4) is 0 Å². The third-order valence-corrected chi connectivity index (χ3v) is 5.49.